The molecule has 3 rings (SSSR count). The molecule has 2 aromatic carbocycles. The van der Waals surface area contributed by atoms with E-state index in [1.165, 1.54) is 5.56 Å². The molecule has 1 atom stereocenters. The summed E-state index contributed by atoms with van der Waals surface area (Å²) in [6, 6.07) is 15.7. The Labute approximate surface area is 138 Å². The number of anilines is 1. The summed E-state index contributed by atoms with van der Waals surface area (Å²) in [5.74, 6) is -0.146. The largest absolute Gasteiger partial charge is 0.359 e. The Bertz CT molecular complexity index is 696. The van der Waals surface area contributed by atoms with E-state index in [0.29, 0.717) is 6.54 Å². The van der Waals surface area contributed by atoms with E-state index in [0.717, 1.165) is 24.2 Å². The van der Waals surface area contributed by atoms with Gasteiger partial charge in [0.15, 0.2) is 0 Å². The van der Waals surface area contributed by atoms with Crippen molar-refractivity contribution < 1.29 is 4.39 Å². The number of fused-ring (bicyclic) bond motifs is 1. The van der Waals surface area contributed by atoms with Crippen LogP contribution in [0.25, 0.3) is 0 Å². The Morgan fingerprint density at radius 3 is 2.48 bits per heavy atom. The number of para-hydroxylation sites is 1. The van der Waals surface area contributed by atoms with Crippen LogP contribution in [0.4, 0.5) is 10.1 Å². The van der Waals surface area contributed by atoms with Gasteiger partial charge in [0.25, 0.3) is 0 Å². The second-order valence-corrected chi connectivity index (χ2v) is 7.28. The summed E-state index contributed by atoms with van der Waals surface area (Å²) < 4.78 is 14.7. The van der Waals surface area contributed by atoms with Crippen LogP contribution in [-0.4, -0.2) is 13.1 Å². The monoisotopic (exact) mass is 312 g/mol. The number of rotatable bonds is 4. The molecule has 2 N–H and O–H groups in total. The third-order valence-corrected chi connectivity index (χ3v) is 5.16. The Hall–Kier alpha value is -1.87. The van der Waals surface area contributed by atoms with Crippen molar-refractivity contribution >= 4 is 5.69 Å². The topological polar surface area (TPSA) is 29.3 Å². The standard InChI is InChI=1S/C20H25FN2/c1-19(2)14-23(18-16(19)10-7-11-17(18)21)20(3,12-13-22)15-8-5-4-6-9-15/h4-11H,12-14,22H2,1-3H3. The van der Waals surface area contributed by atoms with Crippen LogP contribution in [0.3, 0.4) is 0 Å². The zero-order chi connectivity index (χ0) is 16.7. The summed E-state index contributed by atoms with van der Waals surface area (Å²) in [4.78, 5) is 2.22. The van der Waals surface area contributed by atoms with Gasteiger partial charge >= 0.3 is 0 Å². The minimum Gasteiger partial charge on any atom is -0.359 e. The summed E-state index contributed by atoms with van der Waals surface area (Å²) in [6.45, 7) is 7.88. The van der Waals surface area contributed by atoms with Crippen molar-refractivity contribution in [1.29, 1.82) is 0 Å². The van der Waals surface area contributed by atoms with E-state index in [4.69, 9.17) is 5.73 Å². The molecule has 1 aliphatic rings. The predicted molar refractivity (Wildman–Crippen MR) is 94.2 cm³/mol. The number of hydrogen-bond donors (Lipinski definition) is 1. The van der Waals surface area contributed by atoms with Gasteiger partial charge in [0.05, 0.1) is 11.2 Å². The van der Waals surface area contributed by atoms with Crippen molar-refractivity contribution in [1.82, 2.24) is 0 Å². The Morgan fingerprint density at radius 2 is 1.83 bits per heavy atom. The molecule has 1 aliphatic heterocycles. The average Bonchev–Trinajstić information content (AvgIpc) is 2.82. The average molecular weight is 312 g/mol. The van der Waals surface area contributed by atoms with Gasteiger partial charge in [0.2, 0.25) is 0 Å². The molecule has 0 saturated heterocycles. The molecule has 0 saturated carbocycles. The first-order valence-corrected chi connectivity index (χ1v) is 8.22. The van der Waals surface area contributed by atoms with Crippen molar-refractivity contribution in [3.05, 3.63) is 65.5 Å². The number of halogens is 1. The van der Waals surface area contributed by atoms with Crippen LogP contribution in [0.1, 0.15) is 38.3 Å². The minimum atomic E-state index is -0.319. The molecule has 3 heteroatoms. The van der Waals surface area contributed by atoms with E-state index in [-0.39, 0.29) is 16.8 Å². The van der Waals surface area contributed by atoms with Crippen LogP contribution in [-0.2, 0) is 11.0 Å². The molecule has 1 unspecified atom stereocenters. The van der Waals surface area contributed by atoms with Crippen LogP contribution in [0.5, 0.6) is 0 Å². The van der Waals surface area contributed by atoms with E-state index in [9.17, 15) is 4.39 Å². The summed E-state index contributed by atoms with van der Waals surface area (Å²) >= 11 is 0. The highest BCUT2D eigenvalue weighted by Crippen LogP contribution is 2.48. The number of nitrogens with two attached hydrogens (primary N) is 1. The Morgan fingerprint density at radius 1 is 1.13 bits per heavy atom. The molecular weight excluding hydrogens is 287 g/mol. The van der Waals surface area contributed by atoms with Crippen molar-refractivity contribution in [3.63, 3.8) is 0 Å². The molecule has 23 heavy (non-hydrogen) atoms. The lowest BCUT2D eigenvalue weighted by Crippen LogP contribution is -2.46. The molecule has 0 bridgehead atoms. The zero-order valence-corrected chi connectivity index (χ0v) is 14.1. The second kappa shape index (κ2) is 5.64. The number of benzene rings is 2. The lowest BCUT2D eigenvalue weighted by atomic mass is 9.85. The highest BCUT2D eigenvalue weighted by Gasteiger charge is 2.45. The molecular formula is C20H25FN2. The minimum absolute atomic E-state index is 0.0813. The van der Waals surface area contributed by atoms with Crippen LogP contribution in [0.15, 0.2) is 48.5 Å². The highest BCUT2D eigenvalue weighted by molar-refractivity contribution is 5.65. The molecule has 0 aromatic heterocycles. The third kappa shape index (κ3) is 2.53. The van der Waals surface area contributed by atoms with E-state index >= 15 is 0 Å². The van der Waals surface area contributed by atoms with Crippen LogP contribution >= 0.6 is 0 Å². The molecule has 2 nitrogen and oxygen atoms in total. The summed E-state index contributed by atoms with van der Waals surface area (Å²) in [5, 5.41) is 0. The predicted octanol–water partition coefficient (Wildman–Crippen LogP) is 4.19. The SMILES string of the molecule is CC1(C)CN(C(C)(CCN)c2ccccc2)c2c(F)cccc21. The molecule has 0 amide bonds. The van der Waals surface area contributed by atoms with Gasteiger partial charge < -0.3 is 10.6 Å². The van der Waals surface area contributed by atoms with Crippen molar-refractivity contribution in [2.24, 2.45) is 5.73 Å². The van der Waals surface area contributed by atoms with Crippen LogP contribution in [0, 0.1) is 5.82 Å². The van der Waals surface area contributed by atoms with Crippen molar-refractivity contribution in [3.8, 4) is 0 Å². The van der Waals surface area contributed by atoms with Gasteiger partial charge in [-0.05, 0) is 37.1 Å². The molecule has 2 aromatic rings. The summed E-state index contributed by atoms with van der Waals surface area (Å²) in [7, 11) is 0. The van der Waals surface area contributed by atoms with Gasteiger partial charge in [-0.1, -0.05) is 56.3 Å². The second-order valence-electron chi connectivity index (χ2n) is 7.28. The van der Waals surface area contributed by atoms with Crippen molar-refractivity contribution in [2.45, 2.75) is 38.1 Å². The molecule has 122 valence electrons. The van der Waals surface area contributed by atoms with Gasteiger partial charge in [0.1, 0.15) is 5.82 Å². The van der Waals surface area contributed by atoms with Gasteiger partial charge in [-0.15, -0.1) is 0 Å². The van der Waals surface area contributed by atoms with Gasteiger partial charge in [0, 0.05) is 12.0 Å². The molecule has 0 aliphatic carbocycles. The van der Waals surface area contributed by atoms with Crippen LogP contribution in [0.2, 0.25) is 0 Å². The fraction of sp³-hybridized carbons (Fsp3) is 0.400. The maximum Gasteiger partial charge on any atom is 0.146 e. The smallest absolute Gasteiger partial charge is 0.146 e. The maximum atomic E-state index is 14.7. The first-order valence-electron chi connectivity index (χ1n) is 8.22. The van der Waals surface area contributed by atoms with E-state index in [2.05, 4.69) is 37.8 Å². The number of hydrogen-bond acceptors (Lipinski definition) is 2. The highest BCUT2D eigenvalue weighted by atomic mass is 19.1. The Balaban J connectivity index is 2.17. The molecule has 1 heterocycles. The third-order valence-electron chi connectivity index (χ3n) is 5.16. The van der Waals surface area contributed by atoms with Gasteiger partial charge in [-0.25, -0.2) is 4.39 Å². The van der Waals surface area contributed by atoms with E-state index in [1.807, 2.05) is 30.3 Å². The molecule has 0 radical (unpaired) electrons. The molecule has 0 fully saturated rings. The first kappa shape index (κ1) is 16.0. The lowest BCUT2D eigenvalue weighted by molar-refractivity contribution is 0.388. The first-order chi connectivity index (χ1) is 10.9. The van der Waals surface area contributed by atoms with Crippen molar-refractivity contribution in [2.75, 3.05) is 18.0 Å². The number of nitrogens with zero attached hydrogens (tertiary/aromatic N) is 1. The fourth-order valence-electron chi connectivity index (χ4n) is 3.83. The summed E-state index contributed by atoms with van der Waals surface area (Å²) in [6.07, 6.45) is 0.779. The Kier molecular flexibility index (Phi) is 3.93. The normalized spacial score (nSPS) is 18.6. The fourth-order valence-corrected chi connectivity index (χ4v) is 3.83. The maximum absolute atomic E-state index is 14.7. The van der Waals surface area contributed by atoms with Gasteiger partial charge in [-0.3, -0.25) is 0 Å². The van der Waals surface area contributed by atoms with Crippen LogP contribution < -0.4 is 10.6 Å². The summed E-state index contributed by atoms with van der Waals surface area (Å²) in [5.41, 5.74) is 8.52. The van der Waals surface area contributed by atoms with E-state index < -0.39 is 0 Å². The molecule has 0 spiro atoms. The van der Waals surface area contributed by atoms with Gasteiger partial charge in [-0.2, -0.15) is 0 Å². The zero-order valence-electron chi connectivity index (χ0n) is 14.1. The van der Waals surface area contributed by atoms with E-state index in [1.54, 1.807) is 6.07 Å². The lowest BCUT2D eigenvalue weighted by Gasteiger charge is -2.42. The quantitative estimate of drug-likeness (QED) is 0.917.